The minimum Gasteiger partial charge on any atom is -0.495 e. The molecule has 4 nitrogen and oxygen atoms in total. The molecule has 3 rings (SSSR count). The van der Waals surface area contributed by atoms with Crippen LogP contribution in [0.3, 0.4) is 0 Å². The quantitative estimate of drug-likeness (QED) is 0.753. The fraction of sp³-hybridized carbons (Fsp3) is 0.250. The number of fused-ring (bicyclic) bond motifs is 1. The smallest absolute Gasteiger partial charge is 0.139 e. The van der Waals surface area contributed by atoms with Crippen LogP contribution in [0.15, 0.2) is 23.6 Å². The number of hydrogen-bond acceptors (Lipinski definition) is 5. The molecule has 0 spiro atoms. The first kappa shape index (κ1) is 15.1. The molecule has 0 bridgehead atoms. The van der Waals surface area contributed by atoms with Gasteiger partial charge in [-0.05, 0) is 18.2 Å². The number of halogens is 1. The molecule has 6 heteroatoms. The fourth-order valence-corrected chi connectivity index (χ4v) is 3.34. The minimum absolute atomic E-state index is 0.389. The molecule has 0 aliphatic heterocycles. The SMILES string of the molecule is COc1ccc2c(N)cc(-c3csc(C(C)C)n3)nc2c1Cl. The van der Waals surface area contributed by atoms with Crippen molar-refractivity contribution in [3.63, 3.8) is 0 Å². The van der Waals surface area contributed by atoms with Crippen LogP contribution in [0.4, 0.5) is 5.69 Å². The monoisotopic (exact) mass is 333 g/mol. The number of aromatic nitrogens is 2. The summed E-state index contributed by atoms with van der Waals surface area (Å²) in [6.45, 7) is 4.24. The lowest BCUT2D eigenvalue weighted by Gasteiger charge is -2.09. The first-order valence-corrected chi connectivity index (χ1v) is 8.15. The molecule has 0 aliphatic carbocycles. The highest BCUT2D eigenvalue weighted by atomic mass is 35.5. The van der Waals surface area contributed by atoms with E-state index in [1.807, 2.05) is 17.5 Å². The van der Waals surface area contributed by atoms with E-state index in [1.54, 1.807) is 24.5 Å². The second-order valence-electron chi connectivity index (χ2n) is 5.30. The maximum absolute atomic E-state index is 6.37. The number of nitrogens with two attached hydrogens (primary N) is 1. The van der Waals surface area contributed by atoms with E-state index in [-0.39, 0.29) is 0 Å². The zero-order valence-corrected chi connectivity index (χ0v) is 14.1. The summed E-state index contributed by atoms with van der Waals surface area (Å²) in [6.07, 6.45) is 0. The summed E-state index contributed by atoms with van der Waals surface area (Å²) in [4.78, 5) is 9.27. The molecule has 0 unspecified atom stereocenters. The Kier molecular flexibility index (Phi) is 3.93. The largest absolute Gasteiger partial charge is 0.495 e. The molecule has 0 radical (unpaired) electrons. The predicted molar refractivity (Wildman–Crippen MR) is 92.9 cm³/mol. The molecule has 0 fully saturated rings. The van der Waals surface area contributed by atoms with Crippen LogP contribution in [0.1, 0.15) is 24.8 Å². The van der Waals surface area contributed by atoms with Crippen LogP contribution in [0.5, 0.6) is 5.75 Å². The summed E-state index contributed by atoms with van der Waals surface area (Å²) >= 11 is 7.99. The maximum atomic E-state index is 6.37. The molecule has 0 saturated heterocycles. The van der Waals surface area contributed by atoms with Gasteiger partial charge in [-0.1, -0.05) is 25.4 Å². The molecule has 0 aliphatic rings. The van der Waals surface area contributed by atoms with Crippen LogP contribution in [-0.2, 0) is 0 Å². The Morgan fingerprint density at radius 1 is 1.23 bits per heavy atom. The van der Waals surface area contributed by atoms with E-state index in [1.165, 1.54) is 0 Å². The number of nitrogens with zero attached hydrogens (tertiary/aromatic N) is 2. The molecular weight excluding hydrogens is 318 g/mol. The molecule has 114 valence electrons. The first-order chi connectivity index (χ1) is 10.5. The second-order valence-corrected chi connectivity index (χ2v) is 6.57. The summed E-state index contributed by atoms with van der Waals surface area (Å²) in [5.74, 6) is 0.972. The summed E-state index contributed by atoms with van der Waals surface area (Å²) in [6, 6.07) is 5.50. The molecule has 2 aromatic heterocycles. The molecule has 22 heavy (non-hydrogen) atoms. The Bertz CT molecular complexity index is 845. The highest BCUT2D eigenvalue weighted by Gasteiger charge is 2.14. The van der Waals surface area contributed by atoms with Gasteiger partial charge in [0.05, 0.1) is 29.0 Å². The molecule has 2 N–H and O–H groups in total. The van der Waals surface area contributed by atoms with Gasteiger partial charge in [0, 0.05) is 22.4 Å². The topological polar surface area (TPSA) is 61.0 Å². The number of rotatable bonds is 3. The Balaban J connectivity index is 2.20. The van der Waals surface area contributed by atoms with Gasteiger partial charge >= 0.3 is 0 Å². The first-order valence-electron chi connectivity index (χ1n) is 6.89. The van der Waals surface area contributed by atoms with E-state index in [9.17, 15) is 0 Å². The lowest BCUT2D eigenvalue weighted by molar-refractivity contribution is 0.415. The van der Waals surface area contributed by atoms with Crippen molar-refractivity contribution in [3.8, 4) is 17.1 Å². The van der Waals surface area contributed by atoms with Crippen LogP contribution in [0.25, 0.3) is 22.3 Å². The molecular formula is C16H16ClN3OS. The predicted octanol–water partition coefficient (Wildman–Crippen LogP) is 4.73. The van der Waals surface area contributed by atoms with Gasteiger partial charge in [-0.2, -0.15) is 0 Å². The van der Waals surface area contributed by atoms with Crippen LogP contribution < -0.4 is 10.5 Å². The highest BCUT2D eigenvalue weighted by molar-refractivity contribution is 7.10. The Labute approximate surface area is 137 Å². The highest BCUT2D eigenvalue weighted by Crippen LogP contribution is 2.36. The van der Waals surface area contributed by atoms with Crippen LogP contribution in [-0.4, -0.2) is 17.1 Å². The van der Waals surface area contributed by atoms with E-state index in [4.69, 9.17) is 22.1 Å². The summed E-state index contributed by atoms with van der Waals surface area (Å²) in [7, 11) is 1.58. The van der Waals surface area contributed by atoms with E-state index in [0.717, 1.165) is 21.8 Å². The minimum atomic E-state index is 0.389. The van der Waals surface area contributed by atoms with Crippen molar-refractivity contribution >= 4 is 39.5 Å². The normalized spacial score (nSPS) is 11.3. The van der Waals surface area contributed by atoms with E-state index < -0.39 is 0 Å². The number of benzene rings is 1. The third-order valence-electron chi connectivity index (χ3n) is 3.41. The lowest BCUT2D eigenvalue weighted by atomic mass is 10.1. The standard InChI is InChI=1S/C16H16ClN3OS/c1-8(2)16-20-12(7-22-16)11-6-10(18)9-4-5-13(21-3)14(17)15(9)19-11/h4-8H,1-3H3,(H2,18,19). The van der Waals surface area contributed by atoms with Crippen LogP contribution in [0, 0.1) is 0 Å². The van der Waals surface area contributed by atoms with Gasteiger partial charge in [0.25, 0.3) is 0 Å². The number of nitrogen functional groups attached to an aromatic ring is 1. The van der Waals surface area contributed by atoms with E-state index in [2.05, 4.69) is 23.8 Å². The third-order valence-corrected chi connectivity index (χ3v) is 4.92. The number of ether oxygens (including phenoxy) is 1. The van der Waals surface area contributed by atoms with Gasteiger partial charge in [0.2, 0.25) is 0 Å². The number of methoxy groups -OCH3 is 1. The zero-order valence-electron chi connectivity index (χ0n) is 12.6. The molecule has 0 atom stereocenters. The van der Waals surface area contributed by atoms with Crippen molar-refractivity contribution in [3.05, 3.63) is 33.6 Å². The molecule has 2 heterocycles. The summed E-state index contributed by atoms with van der Waals surface area (Å²) < 4.78 is 5.25. The molecule has 1 aromatic carbocycles. The van der Waals surface area contributed by atoms with Gasteiger partial charge in [-0.15, -0.1) is 11.3 Å². The van der Waals surface area contributed by atoms with Crippen LogP contribution in [0.2, 0.25) is 5.02 Å². The zero-order chi connectivity index (χ0) is 15.9. The lowest BCUT2D eigenvalue weighted by Crippen LogP contribution is -1.95. The van der Waals surface area contributed by atoms with Crippen molar-refractivity contribution in [1.82, 2.24) is 9.97 Å². The number of thiazole rings is 1. The fourth-order valence-electron chi connectivity index (χ4n) is 2.23. The van der Waals surface area contributed by atoms with Gasteiger partial charge in [-0.3, -0.25) is 0 Å². The van der Waals surface area contributed by atoms with Crippen molar-refractivity contribution in [2.45, 2.75) is 19.8 Å². The van der Waals surface area contributed by atoms with Gasteiger partial charge in [0.1, 0.15) is 10.8 Å². The second kappa shape index (κ2) is 5.74. The Morgan fingerprint density at radius 3 is 2.64 bits per heavy atom. The van der Waals surface area contributed by atoms with E-state index in [0.29, 0.717) is 27.9 Å². The number of hydrogen-bond donors (Lipinski definition) is 1. The maximum Gasteiger partial charge on any atom is 0.139 e. The molecule has 3 aromatic rings. The van der Waals surface area contributed by atoms with Gasteiger partial charge in [0.15, 0.2) is 0 Å². The van der Waals surface area contributed by atoms with Crippen molar-refractivity contribution in [1.29, 1.82) is 0 Å². The number of pyridine rings is 1. The molecule has 0 saturated carbocycles. The Hall–Kier alpha value is -1.85. The van der Waals surface area contributed by atoms with Crippen molar-refractivity contribution in [2.24, 2.45) is 0 Å². The molecule has 0 amide bonds. The van der Waals surface area contributed by atoms with Gasteiger partial charge in [-0.25, -0.2) is 9.97 Å². The van der Waals surface area contributed by atoms with Crippen LogP contribution >= 0.6 is 22.9 Å². The average molecular weight is 334 g/mol. The van der Waals surface area contributed by atoms with Crippen molar-refractivity contribution < 1.29 is 4.74 Å². The Morgan fingerprint density at radius 2 is 2.00 bits per heavy atom. The third kappa shape index (κ3) is 2.51. The summed E-state index contributed by atoms with van der Waals surface area (Å²) in [5, 5.41) is 4.35. The summed E-state index contributed by atoms with van der Waals surface area (Å²) in [5.41, 5.74) is 8.97. The number of anilines is 1. The van der Waals surface area contributed by atoms with Crippen molar-refractivity contribution in [2.75, 3.05) is 12.8 Å². The van der Waals surface area contributed by atoms with Gasteiger partial charge < -0.3 is 10.5 Å². The average Bonchev–Trinajstić information content (AvgIpc) is 2.98. The van der Waals surface area contributed by atoms with E-state index >= 15 is 0 Å².